The van der Waals surface area contributed by atoms with Crippen molar-refractivity contribution in [1.29, 1.82) is 0 Å². The van der Waals surface area contributed by atoms with Gasteiger partial charge in [0.1, 0.15) is 6.17 Å². The van der Waals surface area contributed by atoms with Gasteiger partial charge in [-0.15, -0.1) is 0 Å². The standard InChI is InChI=1S/C22H24ClN3O3/c1-2-29-22(28)25-13-11-17(12-14-25)26-20(24-16-9-7-15(23)8-10-16)18-5-3-4-6-19(18)21(26)27/h3-10,17,20,24H,2,11-14H2,1H3/t20-/m0/s1. The smallest absolute Gasteiger partial charge is 0.409 e. The zero-order valence-electron chi connectivity index (χ0n) is 16.3. The van der Waals surface area contributed by atoms with Gasteiger partial charge in [-0.3, -0.25) is 4.79 Å². The SMILES string of the molecule is CCOC(=O)N1CCC(N2C(=O)c3ccccc3[C@H]2Nc2ccc(Cl)cc2)CC1. The average Bonchev–Trinajstić information content (AvgIpc) is 3.02. The van der Waals surface area contributed by atoms with E-state index < -0.39 is 0 Å². The number of rotatable bonds is 4. The van der Waals surface area contributed by atoms with Gasteiger partial charge in [0.2, 0.25) is 0 Å². The van der Waals surface area contributed by atoms with Crippen LogP contribution in [-0.2, 0) is 4.74 Å². The lowest BCUT2D eigenvalue weighted by Gasteiger charge is -2.39. The number of hydrogen-bond donors (Lipinski definition) is 1. The minimum atomic E-state index is -0.280. The zero-order chi connectivity index (χ0) is 20.4. The second kappa shape index (κ2) is 8.33. The van der Waals surface area contributed by atoms with Crippen LogP contribution in [0.4, 0.5) is 10.5 Å². The van der Waals surface area contributed by atoms with Gasteiger partial charge in [-0.25, -0.2) is 4.79 Å². The molecule has 0 bridgehead atoms. The lowest BCUT2D eigenvalue weighted by atomic mass is 10.0. The average molecular weight is 414 g/mol. The molecule has 1 fully saturated rings. The fourth-order valence-electron chi connectivity index (χ4n) is 4.11. The molecular formula is C22H24ClN3O3. The number of benzene rings is 2. The van der Waals surface area contributed by atoms with Crippen LogP contribution in [0.3, 0.4) is 0 Å². The number of nitrogens with zero attached hydrogens (tertiary/aromatic N) is 2. The van der Waals surface area contributed by atoms with Gasteiger partial charge in [0.25, 0.3) is 5.91 Å². The Labute approximate surface area is 175 Å². The topological polar surface area (TPSA) is 61.9 Å². The number of ether oxygens (including phenoxy) is 1. The summed E-state index contributed by atoms with van der Waals surface area (Å²) in [6.45, 7) is 3.33. The first-order chi connectivity index (χ1) is 14.1. The second-order valence-electron chi connectivity index (χ2n) is 7.27. The molecule has 0 radical (unpaired) electrons. The van der Waals surface area contributed by atoms with Gasteiger partial charge in [-0.1, -0.05) is 29.8 Å². The summed E-state index contributed by atoms with van der Waals surface area (Å²) >= 11 is 6.01. The highest BCUT2D eigenvalue weighted by Gasteiger charge is 2.42. The van der Waals surface area contributed by atoms with E-state index in [0.717, 1.165) is 29.7 Å². The Morgan fingerprint density at radius 2 is 1.83 bits per heavy atom. The molecule has 152 valence electrons. The molecular weight excluding hydrogens is 390 g/mol. The van der Waals surface area contributed by atoms with Crippen LogP contribution < -0.4 is 5.32 Å². The van der Waals surface area contributed by atoms with E-state index in [2.05, 4.69) is 5.32 Å². The molecule has 0 aliphatic carbocycles. The molecule has 7 heteroatoms. The van der Waals surface area contributed by atoms with E-state index in [1.807, 2.05) is 53.4 Å². The minimum absolute atomic E-state index is 0.0293. The molecule has 0 aromatic heterocycles. The summed E-state index contributed by atoms with van der Waals surface area (Å²) in [7, 11) is 0. The quantitative estimate of drug-likeness (QED) is 0.800. The molecule has 1 N–H and O–H groups in total. The molecule has 2 aliphatic heterocycles. The maximum absolute atomic E-state index is 13.2. The number of amides is 2. The van der Waals surface area contributed by atoms with Crippen molar-refractivity contribution in [3.05, 3.63) is 64.7 Å². The Balaban J connectivity index is 1.55. The van der Waals surface area contributed by atoms with Crippen molar-refractivity contribution in [3.8, 4) is 0 Å². The van der Waals surface area contributed by atoms with Gasteiger partial charge in [0.05, 0.1) is 6.61 Å². The second-order valence-corrected chi connectivity index (χ2v) is 7.71. The molecule has 0 spiro atoms. The number of halogens is 1. The lowest BCUT2D eigenvalue weighted by Crippen LogP contribution is -2.49. The predicted molar refractivity (Wildman–Crippen MR) is 112 cm³/mol. The molecule has 6 nitrogen and oxygen atoms in total. The summed E-state index contributed by atoms with van der Waals surface area (Å²) in [6, 6.07) is 15.2. The Morgan fingerprint density at radius 1 is 1.14 bits per heavy atom. The fourth-order valence-corrected chi connectivity index (χ4v) is 4.23. The van der Waals surface area contributed by atoms with Gasteiger partial charge in [0.15, 0.2) is 0 Å². The maximum atomic E-state index is 13.2. The van der Waals surface area contributed by atoms with E-state index in [0.29, 0.717) is 24.7 Å². The van der Waals surface area contributed by atoms with Crippen LogP contribution in [0.1, 0.15) is 41.9 Å². The predicted octanol–water partition coefficient (Wildman–Crippen LogP) is 4.53. The van der Waals surface area contributed by atoms with Crippen LogP contribution in [0.2, 0.25) is 5.02 Å². The third-order valence-electron chi connectivity index (χ3n) is 5.53. The fraction of sp³-hybridized carbons (Fsp3) is 0.364. The lowest BCUT2D eigenvalue weighted by molar-refractivity contribution is 0.0496. The highest BCUT2D eigenvalue weighted by atomic mass is 35.5. The third-order valence-corrected chi connectivity index (χ3v) is 5.78. The summed E-state index contributed by atoms with van der Waals surface area (Å²) in [5.41, 5.74) is 2.60. The Bertz CT molecular complexity index is 894. The maximum Gasteiger partial charge on any atom is 0.409 e. The third kappa shape index (κ3) is 3.90. The van der Waals surface area contributed by atoms with Crippen LogP contribution in [0.15, 0.2) is 48.5 Å². The highest BCUT2D eigenvalue weighted by Crippen LogP contribution is 2.38. The minimum Gasteiger partial charge on any atom is -0.450 e. The number of anilines is 1. The van der Waals surface area contributed by atoms with E-state index in [1.165, 1.54) is 0 Å². The van der Waals surface area contributed by atoms with Crippen LogP contribution >= 0.6 is 11.6 Å². The van der Waals surface area contributed by atoms with Gasteiger partial charge in [0, 0.05) is 41.0 Å². The number of piperidine rings is 1. The van der Waals surface area contributed by atoms with E-state index in [4.69, 9.17) is 16.3 Å². The Morgan fingerprint density at radius 3 is 2.52 bits per heavy atom. The van der Waals surface area contributed by atoms with Crippen LogP contribution in [0.5, 0.6) is 0 Å². The van der Waals surface area contributed by atoms with Crippen molar-refractivity contribution >= 4 is 29.3 Å². The van der Waals surface area contributed by atoms with Crippen molar-refractivity contribution in [2.24, 2.45) is 0 Å². The van der Waals surface area contributed by atoms with Gasteiger partial charge in [-0.05, 0) is 50.1 Å². The van der Waals surface area contributed by atoms with Gasteiger partial charge < -0.3 is 19.9 Å². The Hall–Kier alpha value is -2.73. The van der Waals surface area contributed by atoms with Crippen molar-refractivity contribution in [3.63, 3.8) is 0 Å². The molecule has 2 heterocycles. The molecule has 1 saturated heterocycles. The molecule has 2 aromatic rings. The molecule has 0 unspecified atom stereocenters. The first-order valence-corrected chi connectivity index (χ1v) is 10.3. The molecule has 1 atom stereocenters. The normalized spacial score (nSPS) is 19.2. The van der Waals surface area contributed by atoms with E-state index in [-0.39, 0.29) is 24.2 Å². The molecule has 2 amide bonds. The molecule has 0 saturated carbocycles. The van der Waals surface area contributed by atoms with E-state index in [9.17, 15) is 9.59 Å². The van der Waals surface area contributed by atoms with Gasteiger partial charge in [-0.2, -0.15) is 0 Å². The Kier molecular flexibility index (Phi) is 5.62. The number of hydrogen-bond acceptors (Lipinski definition) is 4. The molecule has 2 aliphatic rings. The number of nitrogens with one attached hydrogen (secondary N) is 1. The van der Waals surface area contributed by atoms with E-state index >= 15 is 0 Å². The number of carbonyl (C=O) groups is 2. The van der Waals surface area contributed by atoms with Crippen molar-refractivity contribution < 1.29 is 14.3 Å². The summed E-state index contributed by atoms with van der Waals surface area (Å²) in [5.74, 6) is 0.0293. The number of fused-ring (bicyclic) bond motifs is 1. The van der Waals surface area contributed by atoms with Crippen LogP contribution in [0.25, 0.3) is 0 Å². The first kappa shape index (κ1) is 19.6. The summed E-state index contributed by atoms with van der Waals surface area (Å²) < 4.78 is 5.11. The zero-order valence-corrected chi connectivity index (χ0v) is 17.1. The van der Waals surface area contributed by atoms with Crippen LogP contribution in [0, 0.1) is 0 Å². The molecule has 4 rings (SSSR count). The van der Waals surface area contributed by atoms with Crippen LogP contribution in [-0.4, -0.2) is 47.5 Å². The largest absolute Gasteiger partial charge is 0.450 e. The van der Waals surface area contributed by atoms with Gasteiger partial charge >= 0.3 is 6.09 Å². The monoisotopic (exact) mass is 413 g/mol. The summed E-state index contributed by atoms with van der Waals surface area (Å²) in [6.07, 6.45) is 0.908. The molecule has 29 heavy (non-hydrogen) atoms. The molecule has 2 aromatic carbocycles. The number of carbonyl (C=O) groups excluding carboxylic acids is 2. The number of likely N-dealkylation sites (tertiary alicyclic amines) is 1. The first-order valence-electron chi connectivity index (χ1n) is 9.94. The summed E-state index contributed by atoms with van der Waals surface area (Å²) in [4.78, 5) is 28.9. The summed E-state index contributed by atoms with van der Waals surface area (Å²) in [5, 5.41) is 4.17. The highest BCUT2D eigenvalue weighted by molar-refractivity contribution is 6.30. The van der Waals surface area contributed by atoms with E-state index in [1.54, 1.807) is 11.8 Å². The van der Waals surface area contributed by atoms with Crippen molar-refractivity contribution in [2.75, 3.05) is 25.0 Å². The van der Waals surface area contributed by atoms with Crippen molar-refractivity contribution in [2.45, 2.75) is 32.0 Å². The van der Waals surface area contributed by atoms with Crippen molar-refractivity contribution in [1.82, 2.24) is 9.80 Å².